The third kappa shape index (κ3) is 4.62. The molecule has 0 radical (unpaired) electrons. The standard InChI is InChI=1S/C11H13F3N2O2/c12-11(13,14)5-6-18-7-8-3-1-2-4-9(8)10(15)16-17/h1-4,17H,5-7H2,(H2,15,16). The maximum Gasteiger partial charge on any atom is 0.391 e. The molecule has 0 unspecified atom stereocenters. The van der Waals surface area contributed by atoms with Gasteiger partial charge in [0.05, 0.1) is 19.6 Å². The lowest BCUT2D eigenvalue weighted by Gasteiger charge is -2.10. The van der Waals surface area contributed by atoms with Gasteiger partial charge < -0.3 is 15.7 Å². The van der Waals surface area contributed by atoms with Crippen LogP contribution in [-0.2, 0) is 11.3 Å². The molecule has 0 fully saturated rings. The van der Waals surface area contributed by atoms with Gasteiger partial charge in [-0.1, -0.05) is 29.4 Å². The molecule has 0 amide bonds. The second kappa shape index (κ2) is 6.25. The fraction of sp³-hybridized carbons (Fsp3) is 0.364. The number of ether oxygens (including phenoxy) is 1. The Morgan fingerprint density at radius 3 is 2.61 bits per heavy atom. The number of benzene rings is 1. The summed E-state index contributed by atoms with van der Waals surface area (Å²) in [5.74, 6) is -0.106. The summed E-state index contributed by atoms with van der Waals surface area (Å²) in [6, 6.07) is 6.60. The van der Waals surface area contributed by atoms with Crippen LogP contribution in [0.2, 0.25) is 0 Å². The number of nitrogens with zero attached hydrogens (tertiary/aromatic N) is 1. The van der Waals surface area contributed by atoms with Crippen LogP contribution < -0.4 is 5.73 Å². The Kier molecular flexibility index (Phi) is 4.96. The van der Waals surface area contributed by atoms with E-state index in [4.69, 9.17) is 15.7 Å². The van der Waals surface area contributed by atoms with Crippen molar-refractivity contribution in [1.29, 1.82) is 0 Å². The summed E-state index contributed by atoms with van der Waals surface area (Å²) >= 11 is 0. The summed E-state index contributed by atoms with van der Waals surface area (Å²) in [5.41, 5.74) is 6.43. The Bertz CT molecular complexity index is 419. The fourth-order valence-corrected chi connectivity index (χ4v) is 1.32. The molecule has 0 spiro atoms. The van der Waals surface area contributed by atoms with Crippen LogP contribution in [0.1, 0.15) is 17.5 Å². The van der Waals surface area contributed by atoms with E-state index in [1.54, 1.807) is 24.3 Å². The summed E-state index contributed by atoms with van der Waals surface area (Å²) in [6.07, 6.45) is -5.23. The zero-order chi connectivity index (χ0) is 13.6. The number of oxime groups is 1. The van der Waals surface area contributed by atoms with Crippen molar-refractivity contribution in [1.82, 2.24) is 0 Å². The van der Waals surface area contributed by atoms with Gasteiger partial charge >= 0.3 is 6.18 Å². The molecule has 1 aromatic rings. The zero-order valence-corrected chi connectivity index (χ0v) is 9.44. The zero-order valence-electron chi connectivity index (χ0n) is 9.44. The van der Waals surface area contributed by atoms with Crippen LogP contribution in [0.3, 0.4) is 0 Å². The van der Waals surface area contributed by atoms with E-state index in [1.165, 1.54) is 0 Å². The van der Waals surface area contributed by atoms with E-state index in [0.29, 0.717) is 11.1 Å². The predicted molar refractivity (Wildman–Crippen MR) is 59.3 cm³/mol. The van der Waals surface area contributed by atoms with E-state index < -0.39 is 19.2 Å². The Labute approximate surface area is 102 Å². The molecule has 0 aliphatic heterocycles. The van der Waals surface area contributed by atoms with Crippen molar-refractivity contribution in [2.75, 3.05) is 6.61 Å². The lowest BCUT2D eigenvalue weighted by molar-refractivity contribution is -0.146. The topological polar surface area (TPSA) is 67.8 Å². The lowest BCUT2D eigenvalue weighted by atomic mass is 10.1. The largest absolute Gasteiger partial charge is 0.409 e. The summed E-state index contributed by atoms with van der Waals surface area (Å²) in [6.45, 7) is -0.448. The smallest absolute Gasteiger partial charge is 0.391 e. The van der Waals surface area contributed by atoms with Crippen molar-refractivity contribution in [3.8, 4) is 0 Å². The van der Waals surface area contributed by atoms with Crippen molar-refractivity contribution in [2.45, 2.75) is 19.2 Å². The summed E-state index contributed by atoms with van der Waals surface area (Å²) < 4.78 is 40.6. The van der Waals surface area contributed by atoms with E-state index in [9.17, 15) is 13.2 Å². The molecule has 0 aliphatic carbocycles. The van der Waals surface area contributed by atoms with Crippen molar-refractivity contribution in [3.05, 3.63) is 35.4 Å². The molecule has 4 nitrogen and oxygen atoms in total. The molecular formula is C11H13F3N2O2. The van der Waals surface area contributed by atoms with Gasteiger partial charge in [-0.2, -0.15) is 13.2 Å². The number of nitrogens with two attached hydrogens (primary N) is 1. The number of hydrogen-bond donors (Lipinski definition) is 2. The van der Waals surface area contributed by atoms with E-state index in [2.05, 4.69) is 5.16 Å². The Balaban J connectivity index is 2.57. The molecule has 18 heavy (non-hydrogen) atoms. The van der Waals surface area contributed by atoms with Gasteiger partial charge in [0.1, 0.15) is 0 Å². The first-order valence-electron chi connectivity index (χ1n) is 5.14. The maximum atomic E-state index is 11.9. The van der Waals surface area contributed by atoms with Gasteiger partial charge in [-0.15, -0.1) is 0 Å². The van der Waals surface area contributed by atoms with Crippen LogP contribution in [-0.4, -0.2) is 23.8 Å². The SMILES string of the molecule is N/C(=N/O)c1ccccc1COCCC(F)(F)F. The highest BCUT2D eigenvalue weighted by molar-refractivity contribution is 5.98. The molecule has 0 saturated carbocycles. The van der Waals surface area contributed by atoms with E-state index in [0.717, 1.165) is 0 Å². The molecule has 1 rings (SSSR count). The number of hydrogen-bond acceptors (Lipinski definition) is 3. The molecule has 3 N–H and O–H groups in total. The molecule has 100 valence electrons. The van der Waals surface area contributed by atoms with Crippen LogP contribution in [0.15, 0.2) is 29.4 Å². The Hall–Kier alpha value is -1.76. The third-order valence-electron chi connectivity index (χ3n) is 2.19. The first-order valence-corrected chi connectivity index (χ1v) is 5.14. The highest BCUT2D eigenvalue weighted by atomic mass is 19.4. The van der Waals surface area contributed by atoms with Crippen LogP contribution in [0, 0.1) is 0 Å². The van der Waals surface area contributed by atoms with Crippen LogP contribution in [0.5, 0.6) is 0 Å². The van der Waals surface area contributed by atoms with Gasteiger partial charge in [0, 0.05) is 5.56 Å². The first-order chi connectivity index (χ1) is 8.44. The van der Waals surface area contributed by atoms with Gasteiger partial charge in [-0.05, 0) is 5.56 Å². The minimum atomic E-state index is -4.23. The van der Waals surface area contributed by atoms with Crippen LogP contribution >= 0.6 is 0 Å². The number of alkyl halides is 3. The molecular weight excluding hydrogens is 249 g/mol. The Morgan fingerprint density at radius 1 is 1.33 bits per heavy atom. The number of halogens is 3. The van der Waals surface area contributed by atoms with Gasteiger partial charge in [0.15, 0.2) is 5.84 Å². The minimum absolute atomic E-state index is 0.0253. The molecule has 0 heterocycles. The van der Waals surface area contributed by atoms with Crippen molar-refractivity contribution >= 4 is 5.84 Å². The second-order valence-electron chi connectivity index (χ2n) is 3.56. The molecule has 0 saturated heterocycles. The summed E-state index contributed by atoms with van der Waals surface area (Å²) in [5, 5.41) is 11.4. The highest BCUT2D eigenvalue weighted by Crippen LogP contribution is 2.19. The monoisotopic (exact) mass is 262 g/mol. The van der Waals surface area contributed by atoms with Gasteiger partial charge in [0.25, 0.3) is 0 Å². The molecule has 0 atom stereocenters. The van der Waals surface area contributed by atoms with E-state index >= 15 is 0 Å². The summed E-state index contributed by atoms with van der Waals surface area (Å²) in [7, 11) is 0. The van der Waals surface area contributed by atoms with Crippen molar-refractivity contribution in [3.63, 3.8) is 0 Å². The fourth-order valence-electron chi connectivity index (χ4n) is 1.32. The maximum absolute atomic E-state index is 11.9. The Morgan fingerprint density at radius 2 is 2.00 bits per heavy atom. The molecule has 7 heteroatoms. The average molecular weight is 262 g/mol. The lowest BCUT2D eigenvalue weighted by Crippen LogP contribution is -2.16. The second-order valence-corrected chi connectivity index (χ2v) is 3.56. The predicted octanol–water partition coefficient (Wildman–Crippen LogP) is 2.25. The van der Waals surface area contributed by atoms with Gasteiger partial charge in [-0.25, -0.2) is 0 Å². The van der Waals surface area contributed by atoms with Crippen LogP contribution in [0.25, 0.3) is 0 Å². The average Bonchev–Trinajstić information content (AvgIpc) is 2.33. The molecule has 0 aromatic heterocycles. The minimum Gasteiger partial charge on any atom is -0.409 e. The normalized spacial score (nSPS) is 12.7. The van der Waals surface area contributed by atoms with Gasteiger partial charge in [-0.3, -0.25) is 0 Å². The molecule has 0 bridgehead atoms. The third-order valence-corrected chi connectivity index (χ3v) is 2.19. The van der Waals surface area contributed by atoms with Crippen molar-refractivity contribution < 1.29 is 23.1 Å². The van der Waals surface area contributed by atoms with Gasteiger partial charge in [0.2, 0.25) is 0 Å². The van der Waals surface area contributed by atoms with Crippen LogP contribution in [0.4, 0.5) is 13.2 Å². The molecule has 1 aromatic carbocycles. The summed E-state index contributed by atoms with van der Waals surface area (Å²) in [4.78, 5) is 0. The highest BCUT2D eigenvalue weighted by Gasteiger charge is 2.26. The first kappa shape index (κ1) is 14.3. The molecule has 0 aliphatic rings. The van der Waals surface area contributed by atoms with E-state index in [-0.39, 0.29) is 12.4 Å². The quantitative estimate of drug-likeness (QED) is 0.281. The number of rotatable bonds is 5. The number of amidine groups is 1. The van der Waals surface area contributed by atoms with E-state index in [1.807, 2.05) is 0 Å². The van der Waals surface area contributed by atoms with Crippen molar-refractivity contribution in [2.24, 2.45) is 10.9 Å².